The molecule has 0 bridgehead atoms. The average molecular weight is 284 g/mol. The zero-order valence-electron chi connectivity index (χ0n) is 10.8. The Morgan fingerprint density at radius 3 is 2.84 bits per heavy atom. The van der Waals surface area contributed by atoms with E-state index in [0.29, 0.717) is 23.7 Å². The van der Waals surface area contributed by atoms with Crippen molar-refractivity contribution in [3.05, 3.63) is 35.7 Å². The van der Waals surface area contributed by atoms with E-state index in [1.54, 1.807) is 25.4 Å². The van der Waals surface area contributed by atoms with Crippen molar-refractivity contribution in [1.29, 1.82) is 0 Å². The third-order valence-corrected chi connectivity index (χ3v) is 3.91. The molecule has 0 saturated heterocycles. The minimum Gasteiger partial charge on any atom is -0.361 e. The molecule has 0 aliphatic carbocycles. The summed E-state index contributed by atoms with van der Waals surface area (Å²) in [6.45, 7) is 3.60. The molecule has 2 aromatic rings. The molecule has 1 unspecified atom stereocenters. The highest BCUT2D eigenvalue weighted by Crippen LogP contribution is 2.14. The van der Waals surface area contributed by atoms with Gasteiger partial charge in [-0.1, -0.05) is 12.1 Å². The van der Waals surface area contributed by atoms with Gasteiger partial charge in [0.25, 0.3) is 0 Å². The second kappa shape index (κ2) is 5.54. The molecule has 2 aromatic heterocycles. The van der Waals surface area contributed by atoms with Gasteiger partial charge in [0.1, 0.15) is 23.0 Å². The summed E-state index contributed by atoms with van der Waals surface area (Å²) < 4.78 is 31.5. The topological polar surface area (TPSA) is 101 Å². The lowest BCUT2D eigenvalue weighted by atomic mass is 10.2. The van der Waals surface area contributed by atoms with Gasteiger partial charge in [-0.05, 0) is 13.3 Å². The molecule has 2 heterocycles. The van der Waals surface area contributed by atoms with E-state index in [-0.39, 0.29) is 11.8 Å². The van der Waals surface area contributed by atoms with Gasteiger partial charge >= 0.3 is 0 Å². The van der Waals surface area contributed by atoms with E-state index in [4.69, 9.17) is 4.52 Å². The molecule has 0 aliphatic heterocycles. The van der Waals surface area contributed by atoms with Crippen molar-refractivity contribution in [3.8, 4) is 0 Å². The molecule has 0 amide bonds. The molecular formula is C11H16N4O3S. The SMILES string of the molecule is CCC(NS(=O)(=O)Cc1cc(C)on1)c1ncc[nH]1. The smallest absolute Gasteiger partial charge is 0.218 e. The number of aromatic amines is 1. The molecule has 2 N–H and O–H groups in total. The quantitative estimate of drug-likeness (QED) is 0.832. The number of H-pyrrole nitrogens is 1. The van der Waals surface area contributed by atoms with Crippen molar-refractivity contribution in [2.24, 2.45) is 0 Å². The Labute approximate surface area is 111 Å². The number of aryl methyl sites for hydroxylation is 1. The predicted molar refractivity (Wildman–Crippen MR) is 68.6 cm³/mol. The number of hydrogen-bond acceptors (Lipinski definition) is 5. The summed E-state index contributed by atoms with van der Waals surface area (Å²) in [5.74, 6) is 0.979. The summed E-state index contributed by atoms with van der Waals surface area (Å²) >= 11 is 0. The molecule has 0 aromatic carbocycles. The van der Waals surface area contributed by atoms with Crippen molar-refractivity contribution < 1.29 is 12.9 Å². The van der Waals surface area contributed by atoms with Crippen LogP contribution in [-0.2, 0) is 15.8 Å². The summed E-state index contributed by atoms with van der Waals surface area (Å²) in [5.41, 5.74) is 0.388. The Morgan fingerprint density at radius 1 is 1.53 bits per heavy atom. The van der Waals surface area contributed by atoms with Crippen LogP contribution in [0, 0.1) is 6.92 Å². The maximum Gasteiger partial charge on any atom is 0.218 e. The van der Waals surface area contributed by atoms with Crippen molar-refractivity contribution >= 4 is 10.0 Å². The van der Waals surface area contributed by atoms with Crippen molar-refractivity contribution in [2.75, 3.05) is 0 Å². The Bertz CT molecular complexity index is 618. The van der Waals surface area contributed by atoms with Gasteiger partial charge in [-0.25, -0.2) is 18.1 Å². The third kappa shape index (κ3) is 3.65. The molecule has 0 radical (unpaired) electrons. The first-order valence-corrected chi connectivity index (χ1v) is 7.57. The Kier molecular flexibility index (Phi) is 4.01. The van der Waals surface area contributed by atoms with Crippen LogP contribution in [0.15, 0.2) is 23.0 Å². The van der Waals surface area contributed by atoms with Gasteiger partial charge in [0.05, 0.1) is 6.04 Å². The number of sulfonamides is 1. The lowest BCUT2D eigenvalue weighted by Crippen LogP contribution is -2.30. The van der Waals surface area contributed by atoms with Crippen LogP contribution in [0.4, 0.5) is 0 Å². The highest BCUT2D eigenvalue weighted by Gasteiger charge is 2.21. The highest BCUT2D eigenvalue weighted by molar-refractivity contribution is 7.88. The van der Waals surface area contributed by atoms with Gasteiger partial charge in [-0.3, -0.25) is 0 Å². The fourth-order valence-electron chi connectivity index (χ4n) is 1.74. The van der Waals surface area contributed by atoms with Crippen LogP contribution in [0.25, 0.3) is 0 Å². The van der Waals surface area contributed by atoms with Gasteiger partial charge in [0, 0.05) is 18.5 Å². The minimum absolute atomic E-state index is 0.207. The van der Waals surface area contributed by atoms with Crippen LogP contribution in [0.2, 0.25) is 0 Å². The molecule has 104 valence electrons. The lowest BCUT2D eigenvalue weighted by Gasteiger charge is -2.14. The maximum atomic E-state index is 12.0. The molecule has 2 rings (SSSR count). The van der Waals surface area contributed by atoms with Crippen LogP contribution >= 0.6 is 0 Å². The summed E-state index contributed by atoms with van der Waals surface area (Å²) in [7, 11) is -3.49. The molecule has 8 heteroatoms. The number of imidazole rings is 1. The van der Waals surface area contributed by atoms with Crippen molar-refractivity contribution in [3.63, 3.8) is 0 Å². The highest BCUT2D eigenvalue weighted by atomic mass is 32.2. The van der Waals surface area contributed by atoms with Gasteiger partial charge in [-0.15, -0.1) is 0 Å². The van der Waals surface area contributed by atoms with E-state index in [9.17, 15) is 8.42 Å². The van der Waals surface area contributed by atoms with Crippen LogP contribution in [-0.4, -0.2) is 23.5 Å². The second-order valence-corrected chi connectivity index (χ2v) is 5.99. The van der Waals surface area contributed by atoms with E-state index in [2.05, 4.69) is 19.8 Å². The molecule has 1 atom stereocenters. The molecule has 0 saturated carbocycles. The first kappa shape index (κ1) is 13.8. The minimum atomic E-state index is -3.49. The van der Waals surface area contributed by atoms with Crippen LogP contribution in [0.1, 0.15) is 36.7 Å². The summed E-state index contributed by atoms with van der Waals surface area (Å²) in [6.07, 6.45) is 3.85. The molecular weight excluding hydrogens is 268 g/mol. The predicted octanol–water partition coefficient (Wildman–Crippen LogP) is 1.28. The van der Waals surface area contributed by atoms with Crippen molar-refractivity contribution in [1.82, 2.24) is 19.8 Å². The van der Waals surface area contributed by atoms with Crippen LogP contribution in [0.5, 0.6) is 0 Å². The zero-order valence-corrected chi connectivity index (χ0v) is 11.6. The largest absolute Gasteiger partial charge is 0.361 e. The molecule has 0 aliphatic rings. The molecule has 19 heavy (non-hydrogen) atoms. The summed E-state index contributed by atoms with van der Waals surface area (Å²) in [5, 5.41) is 3.68. The summed E-state index contributed by atoms with van der Waals surface area (Å²) in [6, 6.07) is 1.24. The normalized spacial score (nSPS) is 13.6. The number of nitrogens with one attached hydrogen (secondary N) is 2. The standard InChI is InChI=1S/C11H16N4O3S/c1-3-10(11-12-4-5-13-11)15-19(16,17)7-9-6-8(2)18-14-9/h4-6,10,15H,3,7H2,1-2H3,(H,12,13). The van der Waals surface area contributed by atoms with E-state index < -0.39 is 10.0 Å². The van der Waals surface area contributed by atoms with Gasteiger partial charge in [-0.2, -0.15) is 0 Å². The fourth-order valence-corrected chi connectivity index (χ4v) is 3.06. The number of aromatic nitrogens is 3. The molecule has 0 spiro atoms. The molecule has 0 fully saturated rings. The Hall–Kier alpha value is -1.67. The summed E-state index contributed by atoms with van der Waals surface area (Å²) in [4.78, 5) is 6.97. The van der Waals surface area contributed by atoms with E-state index in [1.807, 2.05) is 6.92 Å². The average Bonchev–Trinajstić information content (AvgIpc) is 2.97. The van der Waals surface area contributed by atoms with Crippen LogP contribution in [0.3, 0.4) is 0 Å². The maximum absolute atomic E-state index is 12.0. The first-order valence-electron chi connectivity index (χ1n) is 5.91. The van der Waals surface area contributed by atoms with E-state index in [1.165, 1.54) is 0 Å². The number of rotatable bonds is 6. The zero-order chi connectivity index (χ0) is 13.9. The number of nitrogens with zero attached hydrogens (tertiary/aromatic N) is 2. The van der Waals surface area contributed by atoms with E-state index >= 15 is 0 Å². The van der Waals surface area contributed by atoms with Crippen molar-refractivity contribution in [2.45, 2.75) is 32.1 Å². The fraction of sp³-hybridized carbons (Fsp3) is 0.455. The Balaban J connectivity index is 2.08. The monoisotopic (exact) mass is 284 g/mol. The van der Waals surface area contributed by atoms with Gasteiger partial charge < -0.3 is 9.51 Å². The van der Waals surface area contributed by atoms with Gasteiger partial charge in [0.15, 0.2) is 0 Å². The van der Waals surface area contributed by atoms with Gasteiger partial charge in [0.2, 0.25) is 10.0 Å². The van der Waals surface area contributed by atoms with E-state index in [0.717, 1.165) is 0 Å². The third-order valence-electron chi connectivity index (χ3n) is 2.59. The second-order valence-electron chi connectivity index (χ2n) is 4.24. The lowest BCUT2D eigenvalue weighted by molar-refractivity contribution is 0.392. The first-order chi connectivity index (χ1) is 9.00. The number of hydrogen-bond donors (Lipinski definition) is 2. The Morgan fingerprint density at radius 2 is 2.32 bits per heavy atom. The molecule has 7 nitrogen and oxygen atoms in total. The van der Waals surface area contributed by atoms with Crippen LogP contribution < -0.4 is 4.72 Å².